The van der Waals surface area contributed by atoms with Crippen LogP contribution in [0.25, 0.3) is 22.4 Å². The number of aliphatic imine (C=N–C) groups is 1. The molecule has 3 aromatic carbocycles. The molecule has 0 aliphatic carbocycles. The van der Waals surface area contributed by atoms with Gasteiger partial charge in [0.25, 0.3) is 0 Å². The van der Waals surface area contributed by atoms with Crippen molar-refractivity contribution in [1.29, 1.82) is 0 Å². The molecule has 1 aromatic heterocycles. The summed E-state index contributed by atoms with van der Waals surface area (Å²) in [5.41, 5.74) is 10.8. The summed E-state index contributed by atoms with van der Waals surface area (Å²) in [5, 5.41) is 2.02. The van der Waals surface area contributed by atoms with Crippen molar-refractivity contribution in [3.63, 3.8) is 0 Å². The third-order valence-electron chi connectivity index (χ3n) is 4.72. The molecular weight excluding hydrogens is 495 g/mol. The molecule has 0 aliphatic rings. The van der Waals surface area contributed by atoms with E-state index in [2.05, 4.69) is 15.8 Å². The van der Waals surface area contributed by atoms with Gasteiger partial charge in [0.15, 0.2) is 5.96 Å². The van der Waals surface area contributed by atoms with Crippen molar-refractivity contribution in [3.05, 3.63) is 106 Å². The third kappa shape index (κ3) is 6.42. The molecule has 0 saturated heterocycles. The summed E-state index contributed by atoms with van der Waals surface area (Å²) in [6.07, 6.45) is 1.81. The van der Waals surface area contributed by atoms with Crippen LogP contribution in [-0.4, -0.2) is 10.9 Å². The molecule has 0 spiro atoms. The second-order valence-corrected chi connectivity index (χ2v) is 9.31. The number of aromatic nitrogens is 1. The number of hydrogen-bond acceptors (Lipinski definition) is 3. The quantitative estimate of drug-likeness (QED) is 0.159. The highest BCUT2D eigenvalue weighted by atomic mass is 35.5. The van der Waals surface area contributed by atoms with E-state index in [0.29, 0.717) is 27.6 Å². The Hall–Kier alpha value is -2.70. The molecule has 0 fully saturated rings. The Morgan fingerprint density at radius 1 is 0.848 bits per heavy atom. The van der Waals surface area contributed by atoms with Crippen LogP contribution in [0.3, 0.4) is 0 Å². The molecule has 4 nitrogen and oxygen atoms in total. The van der Waals surface area contributed by atoms with Gasteiger partial charge in [-0.05, 0) is 71.6 Å². The minimum Gasteiger partial charge on any atom is -0.369 e. The number of nitrogens with zero attached hydrogens (tertiary/aromatic N) is 2. The van der Waals surface area contributed by atoms with Crippen LogP contribution in [0.1, 0.15) is 5.56 Å². The Bertz CT molecular complexity index is 1280. The van der Waals surface area contributed by atoms with Crippen molar-refractivity contribution in [2.45, 2.75) is 11.4 Å². The minimum absolute atomic E-state index is 0.315. The molecule has 0 bridgehead atoms. The number of nitrogens with two attached hydrogens (primary N) is 1. The first-order chi connectivity index (χ1) is 16.0. The van der Waals surface area contributed by atoms with E-state index in [1.54, 1.807) is 0 Å². The lowest BCUT2D eigenvalue weighted by molar-refractivity contribution is 1.03. The summed E-state index contributed by atoms with van der Waals surface area (Å²) >= 11 is 19.5. The van der Waals surface area contributed by atoms with Gasteiger partial charge in [-0.3, -0.25) is 9.71 Å². The van der Waals surface area contributed by atoms with Crippen molar-refractivity contribution < 1.29 is 0 Å². The first-order valence-corrected chi connectivity index (χ1v) is 11.9. The molecule has 166 valence electrons. The number of hydrogen-bond donors (Lipinski definition) is 2. The Morgan fingerprint density at radius 2 is 1.52 bits per heavy atom. The number of pyridine rings is 1. The second kappa shape index (κ2) is 10.9. The Labute approximate surface area is 212 Å². The van der Waals surface area contributed by atoms with Gasteiger partial charge in [0, 0.05) is 37.3 Å². The fourth-order valence-electron chi connectivity index (χ4n) is 3.13. The smallest absolute Gasteiger partial charge is 0.199 e. The molecule has 0 aliphatic heterocycles. The van der Waals surface area contributed by atoms with Crippen LogP contribution >= 0.6 is 46.8 Å². The van der Waals surface area contributed by atoms with E-state index in [-0.39, 0.29) is 0 Å². The van der Waals surface area contributed by atoms with Crippen LogP contribution in [0, 0.1) is 0 Å². The highest BCUT2D eigenvalue weighted by molar-refractivity contribution is 7.98. The number of nitrogens with one attached hydrogen (secondary N) is 1. The minimum atomic E-state index is 0.315. The van der Waals surface area contributed by atoms with Gasteiger partial charge in [0.05, 0.1) is 12.2 Å². The molecule has 33 heavy (non-hydrogen) atoms. The molecule has 0 saturated carbocycles. The summed E-state index contributed by atoms with van der Waals surface area (Å²) < 4.78 is 3.03. The average molecular weight is 514 g/mol. The molecule has 0 amide bonds. The number of guanidine groups is 1. The Kier molecular flexibility index (Phi) is 7.78. The van der Waals surface area contributed by atoms with Crippen molar-refractivity contribution in [1.82, 2.24) is 9.71 Å². The van der Waals surface area contributed by atoms with Gasteiger partial charge in [-0.1, -0.05) is 65.1 Å². The molecule has 4 rings (SSSR count). The number of halogens is 3. The van der Waals surface area contributed by atoms with Gasteiger partial charge >= 0.3 is 0 Å². The summed E-state index contributed by atoms with van der Waals surface area (Å²) in [4.78, 5) is 10.1. The summed E-state index contributed by atoms with van der Waals surface area (Å²) in [6.45, 7) is 0.378. The highest BCUT2D eigenvalue weighted by Crippen LogP contribution is 2.32. The summed E-state index contributed by atoms with van der Waals surface area (Å²) in [7, 11) is 0. The van der Waals surface area contributed by atoms with Crippen molar-refractivity contribution in [2.75, 3.05) is 0 Å². The molecule has 3 N–H and O–H groups in total. The lowest BCUT2D eigenvalue weighted by atomic mass is 9.98. The van der Waals surface area contributed by atoms with Gasteiger partial charge in [0.1, 0.15) is 0 Å². The van der Waals surface area contributed by atoms with Crippen LogP contribution in [0.4, 0.5) is 0 Å². The van der Waals surface area contributed by atoms with Crippen molar-refractivity contribution in [2.24, 2.45) is 10.7 Å². The van der Waals surface area contributed by atoms with Crippen LogP contribution in [0.5, 0.6) is 0 Å². The Morgan fingerprint density at radius 3 is 2.18 bits per heavy atom. The first-order valence-electron chi connectivity index (χ1n) is 9.97. The molecule has 0 atom stereocenters. The highest BCUT2D eigenvalue weighted by Gasteiger charge is 2.11. The lowest BCUT2D eigenvalue weighted by Gasteiger charge is -2.12. The molecular formula is C25H19Cl3N4S. The summed E-state index contributed by atoms with van der Waals surface area (Å²) in [5.74, 6) is 0.315. The molecule has 8 heteroatoms. The molecule has 4 aromatic rings. The second-order valence-electron chi connectivity index (χ2n) is 7.12. The maximum atomic E-state index is 6.09. The standard InChI is InChI=1S/C25H19Cl3N4S/c26-19-8-4-17(5-9-19)23-12-16(14-30-24(23)18-6-10-20(27)11-7-18)15-31-25(29)32-33-22-3-1-2-21(28)13-22/h1-14H,15H2,(H3,29,31,32). The largest absolute Gasteiger partial charge is 0.369 e. The zero-order valence-electron chi connectivity index (χ0n) is 17.3. The number of benzene rings is 3. The molecule has 0 radical (unpaired) electrons. The van der Waals surface area contributed by atoms with Crippen molar-refractivity contribution in [3.8, 4) is 22.4 Å². The van der Waals surface area contributed by atoms with Gasteiger partial charge in [0.2, 0.25) is 0 Å². The van der Waals surface area contributed by atoms with Gasteiger partial charge in [-0.15, -0.1) is 0 Å². The monoisotopic (exact) mass is 512 g/mol. The molecule has 1 heterocycles. The van der Waals surface area contributed by atoms with E-state index in [4.69, 9.17) is 45.5 Å². The van der Waals surface area contributed by atoms with E-state index in [0.717, 1.165) is 32.8 Å². The van der Waals surface area contributed by atoms with E-state index in [1.165, 1.54) is 11.9 Å². The maximum absolute atomic E-state index is 6.09. The average Bonchev–Trinajstić information content (AvgIpc) is 2.82. The normalized spacial score (nSPS) is 11.4. The van der Waals surface area contributed by atoms with Crippen LogP contribution in [-0.2, 0) is 6.54 Å². The predicted octanol–water partition coefficient (Wildman–Crippen LogP) is 7.49. The molecule has 0 unspecified atom stereocenters. The fraction of sp³-hybridized carbons (Fsp3) is 0.0400. The van der Waals surface area contributed by atoms with Crippen LogP contribution in [0.15, 0.2) is 94.9 Å². The first kappa shape index (κ1) is 23.5. The summed E-state index contributed by atoms with van der Waals surface area (Å²) in [6, 6.07) is 24.9. The van der Waals surface area contributed by atoms with E-state index < -0.39 is 0 Å². The van der Waals surface area contributed by atoms with Gasteiger partial charge < -0.3 is 5.73 Å². The Balaban J connectivity index is 1.57. The topological polar surface area (TPSA) is 63.3 Å². The number of rotatable bonds is 6. The van der Waals surface area contributed by atoms with Crippen molar-refractivity contribution >= 4 is 52.7 Å². The maximum Gasteiger partial charge on any atom is 0.199 e. The third-order valence-corrected chi connectivity index (χ3v) is 6.26. The fourth-order valence-corrected chi connectivity index (χ4v) is 4.26. The zero-order chi connectivity index (χ0) is 23.2. The van der Waals surface area contributed by atoms with Crippen LogP contribution < -0.4 is 10.5 Å². The van der Waals surface area contributed by atoms with Crippen LogP contribution in [0.2, 0.25) is 15.1 Å². The van der Waals surface area contributed by atoms with Gasteiger partial charge in [-0.2, -0.15) is 0 Å². The SMILES string of the molecule is NC(=NCc1cnc(-c2ccc(Cl)cc2)c(-c2ccc(Cl)cc2)c1)NSc1cccc(Cl)c1. The zero-order valence-corrected chi connectivity index (χ0v) is 20.4. The van der Waals surface area contributed by atoms with E-state index in [9.17, 15) is 0 Å². The van der Waals surface area contributed by atoms with E-state index >= 15 is 0 Å². The predicted molar refractivity (Wildman–Crippen MR) is 141 cm³/mol. The van der Waals surface area contributed by atoms with E-state index in [1.807, 2.05) is 79.0 Å². The van der Waals surface area contributed by atoms with Gasteiger partial charge in [-0.25, -0.2) is 4.99 Å². The lowest BCUT2D eigenvalue weighted by Crippen LogP contribution is -2.25.